The van der Waals surface area contributed by atoms with Crippen molar-refractivity contribution in [3.05, 3.63) is 65.2 Å². The quantitative estimate of drug-likeness (QED) is 0.714. The Kier molecular flexibility index (Phi) is 5.08. The van der Waals surface area contributed by atoms with E-state index in [0.29, 0.717) is 5.56 Å². The molecular weight excluding hydrogens is 377 g/mol. The van der Waals surface area contributed by atoms with Crippen molar-refractivity contribution < 1.29 is 31.5 Å². The minimum Gasteiger partial charge on any atom is -0.406 e. The van der Waals surface area contributed by atoms with Gasteiger partial charge in [0.25, 0.3) is 0 Å². The first kappa shape index (κ1) is 18.5. The number of carbonyl (C=O) groups excluding carboxylic acids is 1. The van der Waals surface area contributed by atoms with Gasteiger partial charge in [-0.15, -0.1) is 24.9 Å². The van der Waals surface area contributed by atoms with Crippen molar-refractivity contribution in [2.75, 3.05) is 5.75 Å². The van der Waals surface area contributed by atoms with Crippen LogP contribution in [0.1, 0.15) is 16.5 Å². The summed E-state index contributed by atoms with van der Waals surface area (Å²) in [6.45, 7) is 0.0105. The summed E-state index contributed by atoms with van der Waals surface area (Å²) in [5.74, 6) is -2.14. The first-order valence-electron chi connectivity index (χ1n) is 7.44. The molecule has 1 atom stereocenters. The van der Waals surface area contributed by atoms with Crippen molar-refractivity contribution in [2.45, 2.75) is 18.3 Å². The first-order chi connectivity index (χ1) is 12.2. The summed E-state index contributed by atoms with van der Waals surface area (Å²) < 4.78 is 68.4. The number of rotatable bonds is 4. The van der Waals surface area contributed by atoms with Crippen LogP contribution in [0.4, 0.5) is 22.0 Å². The zero-order valence-corrected chi connectivity index (χ0v) is 13.9. The molecule has 0 saturated carbocycles. The van der Waals surface area contributed by atoms with Gasteiger partial charge in [0.05, 0.1) is 11.3 Å². The lowest BCUT2D eigenvalue weighted by atomic mass is 10.1. The fraction of sp³-hybridized carbons (Fsp3) is 0.235. The lowest BCUT2D eigenvalue weighted by Gasteiger charge is -2.25. The standard InChI is InChI=1S/C17H12F5NO2S/c18-12-2-1-3-13(19)15(12)16-23(14(24)9-26-16)8-10-4-6-11(7-5-10)25-17(20,21)22/h1-7,16H,8-9H2. The van der Waals surface area contributed by atoms with Crippen molar-refractivity contribution in [3.63, 3.8) is 0 Å². The van der Waals surface area contributed by atoms with Gasteiger partial charge in [-0.25, -0.2) is 8.78 Å². The third-order valence-electron chi connectivity index (χ3n) is 3.72. The Balaban J connectivity index is 1.80. The molecular formula is C17H12F5NO2S. The number of benzene rings is 2. The van der Waals surface area contributed by atoms with Crippen LogP contribution in [0.25, 0.3) is 0 Å². The number of hydrogen-bond donors (Lipinski definition) is 0. The highest BCUT2D eigenvalue weighted by molar-refractivity contribution is 8.00. The normalized spacial score (nSPS) is 17.7. The van der Waals surface area contributed by atoms with E-state index < -0.39 is 23.4 Å². The monoisotopic (exact) mass is 389 g/mol. The number of thioether (sulfide) groups is 1. The van der Waals surface area contributed by atoms with Crippen molar-refractivity contribution in [3.8, 4) is 5.75 Å². The minimum absolute atomic E-state index is 0.0105. The van der Waals surface area contributed by atoms with Crippen molar-refractivity contribution in [2.24, 2.45) is 0 Å². The molecule has 0 N–H and O–H groups in total. The molecule has 0 radical (unpaired) electrons. The third kappa shape index (κ3) is 4.09. The maximum atomic E-state index is 14.0. The zero-order valence-electron chi connectivity index (χ0n) is 13.1. The molecule has 3 nitrogen and oxygen atoms in total. The molecule has 138 valence electrons. The Morgan fingerprint density at radius 2 is 1.69 bits per heavy atom. The predicted molar refractivity (Wildman–Crippen MR) is 85.2 cm³/mol. The highest BCUT2D eigenvalue weighted by atomic mass is 32.2. The lowest BCUT2D eigenvalue weighted by Crippen LogP contribution is -2.28. The van der Waals surface area contributed by atoms with Gasteiger partial charge in [0.15, 0.2) is 0 Å². The van der Waals surface area contributed by atoms with E-state index in [1.165, 1.54) is 23.1 Å². The Morgan fingerprint density at radius 1 is 1.08 bits per heavy atom. The molecule has 2 aromatic rings. The molecule has 9 heteroatoms. The summed E-state index contributed by atoms with van der Waals surface area (Å²) in [4.78, 5) is 13.4. The lowest BCUT2D eigenvalue weighted by molar-refractivity contribution is -0.274. The SMILES string of the molecule is O=C1CSC(c2c(F)cccc2F)N1Cc1ccc(OC(F)(F)F)cc1. The van der Waals surface area contributed by atoms with Crippen LogP contribution in [-0.4, -0.2) is 22.9 Å². The van der Waals surface area contributed by atoms with E-state index in [1.54, 1.807) is 0 Å². The summed E-state index contributed by atoms with van der Waals surface area (Å²) >= 11 is 1.09. The number of ether oxygens (including phenoxy) is 1. The number of halogens is 5. The van der Waals surface area contributed by atoms with Crippen LogP contribution in [0.15, 0.2) is 42.5 Å². The molecule has 1 fully saturated rings. The molecule has 0 aliphatic carbocycles. The van der Waals surface area contributed by atoms with Crippen molar-refractivity contribution >= 4 is 17.7 Å². The Bertz CT molecular complexity index is 790. The molecule has 3 rings (SSSR count). The van der Waals surface area contributed by atoms with Crippen LogP contribution in [0, 0.1) is 11.6 Å². The van der Waals surface area contributed by atoms with Gasteiger partial charge in [-0.05, 0) is 29.8 Å². The second kappa shape index (κ2) is 7.14. The van der Waals surface area contributed by atoms with Gasteiger partial charge in [0, 0.05) is 6.54 Å². The summed E-state index contributed by atoms with van der Waals surface area (Å²) in [5, 5.41) is -0.838. The van der Waals surface area contributed by atoms with Crippen LogP contribution in [0.2, 0.25) is 0 Å². The first-order valence-corrected chi connectivity index (χ1v) is 8.49. The smallest absolute Gasteiger partial charge is 0.406 e. The largest absolute Gasteiger partial charge is 0.573 e. The third-order valence-corrected chi connectivity index (χ3v) is 4.94. The summed E-state index contributed by atoms with van der Waals surface area (Å²) in [6, 6.07) is 8.44. The number of amides is 1. The zero-order chi connectivity index (χ0) is 18.9. The Hall–Kier alpha value is -2.29. The van der Waals surface area contributed by atoms with E-state index in [0.717, 1.165) is 36.0 Å². The molecule has 0 bridgehead atoms. The molecule has 0 aromatic heterocycles. The van der Waals surface area contributed by atoms with Crippen LogP contribution in [0.3, 0.4) is 0 Å². The van der Waals surface area contributed by atoms with E-state index in [4.69, 9.17) is 0 Å². The maximum absolute atomic E-state index is 14.0. The van der Waals surface area contributed by atoms with Gasteiger partial charge in [-0.1, -0.05) is 18.2 Å². The van der Waals surface area contributed by atoms with Crippen LogP contribution in [0.5, 0.6) is 5.75 Å². The fourth-order valence-corrected chi connectivity index (χ4v) is 3.83. The van der Waals surface area contributed by atoms with Crippen LogP contribution < -0.4 is 4.74 Å². The molecule has 2 aromatic carbocycles. The number of carbonyl (C=O) groups is 1. The van der Waals surface area contributed by atoms with Crippen molar-refractivity contribution in [1.82, 2.24) is 4.90 Å². The average Bonchev–Trinajstić information content (AvgIpc) is 2.89. The second-order valence-corrected chi connectivity index (χ2v) is 6.58. The highest BCUT2D eigenvalue weighted by Crippen LogP contribution is 2.41. The van der Waals surface area contributed by atoms with Crippen LogP contribution in [-0.2, 0) is 11.3 Å². The maximum Gasteiger partial charge on any atom is 0.573 e. The van der Waals surface area contributed by atoms with Gasteiger partial charge in [0.2, 0.25) is 5.91 Å². The number of nitrogens with zero attached hydrogens (tertiary/aromatic N) is 1. The number of hydrogen-bond acceptors (Lipinski definition) is 3. The van der Waals surface area contributed by atoms with E-state index in [9.17, 15) is 26.7 Å². The van der Waals surface area contributed by atoms with Crippen molar-refractivity contribution in [1.29, 1.82) is 0 Å². The summed E-state index contributed by atoms with van der Waals surface area (Å²) in [5.41, 5.74) is 0.303. The van der Waals surface area contributed by atoms with E-state index in [-0.39, 0.29) is 29.5 Å². The van der Waals surface area contributed by atoms with Gasteiger partial charge >= 0.3 is 6.36 Å². The van der Waals surface area contributed by atoms with Gasteiger partial charge < -0.3 is 9.64 Å². The summed E-state index contributed by atoms with van der Waals surface area (Å²) in [7, 11) is 0. The molecule has 1 aliphatic heterocycles. The van der Waals surface area contributed by atoms with Gasteiger partial charge in [0.1, 0.15) is 22.8 Å². The number of alkyl halides is 3. The fourth-order valence-electron chi connectivity index (χ4n) is 2.60. The van der Waals surface area contributed by atoms with Crippen LogP contribution >= 0.6 is 11.8 Å². The topological polar surface area (TPSA) is 29.5 Å². The molecule has 1 heterocycles. The Morgan fingerprint density at radius 3 is 2.27 bits per heavy atom. The molecule has 1 amide bonds. The predicted octanol–water partition coefficient (Wildman–Crippen LogP) is 4.64. The van der Waals surface area contributed by atoms with E-state index in [1.807, 2.05) is 0 Å². The van der Waals surface area contributed by atoms with Gasteiger partial charge in [-0.2, -0.15) is 0 Å². The highest BCUT2D eigenvalue weighted by Gasteiger charge is 2.36. The van der Waals surface area contributed by atoms with E-state index >= 15 is 0 Å². The average molecular weight is 389 g/mol. The second-order valence-electron chi connectivity index (χ2n) is 5.51. The van der Waals surface area contributed by atoms with Gasteiger partial charge in [-0.3, -0.25) is 4.79 Å². The molecule has 26 heavy (non-hydrogen) atoms. The molecule has 1 saturated heterocycles. The molecule has 0 spiro atoms. The molecule has 1 aliphatic rings. The molecule has 1 unspecified atom stereocenters. The van der Waals surface area contributed by atoms with E-state index in [2.05, 4.69) is 4.74 Å². The minimum atomic E-state index is -4.80. The summed E-state index contributed by atoms with van der Waals surface area (Å²) in [6.07, 6.45) is -4.80. The Labute approximate surface area is 149 Å².